The Kier molecular flexibility index (Phi) is 5.86. The van der Waals surface area contributed by atoms with Crippen LogP contribution >= 0.6 is 15.9 Å². The maximum Gasteiger partial charge on any atom is 0.435 e. The van der Waals surface area contributed by atoms with Gasteiger partial charge in [0.1, 0.15) is 5.82 Å². The van der Waals surface area contributed by atoms with Crippen molar-refractivity contribution in [2.24, 2.45) is 0 Å². The fourth-order valence-corrected chi connectivity index (χ4v) is 3.73. The number of rotatable bonds is 4. The molecule has 27 heavy (non-hydrogen) atoms. The topological polar surface area (TPSA) is 0 Å². The number of hydrogen-bond donors (Lipinski definition) is 0. The monoisotopic (exact) mass is 461 g/mol. The molecule has 9 heteroatoms. The molecule has 1 aliphatic carbocycles. The highest BCUT2D eigenvalue weighted by molar-refractivity contribution is 9.09. The Balaban J connectivity index is 2.74. The summed E-state index contributed by atoms with van der Waals surface area (Å²) in [7, 11) is 0. The van der Waals surface area contributed by atoms with E-state index in [2.05, 4.69) is 15.9 Å². The van der Waals surface area contributed by atoms with Gasteiger partial charge in [-0.05, 0) is 12.5 Å². The van der Waals surface area contributed by atoms with E-state index in [0.29, 0.717) is 18.6 Å². The third-order valence-electron chi connectivity index (χ3n) is 4.11. The van der Waals surface area contributed by atoms with Gasteiger partial charge in [-0.25, -0.2) is 8.78 Å². The van der Waals surface area contributed by atoms with Crippen LogP contribution in [0.2, 0.25) is 0 Å². The zero-order valence-corrected chi connectivity index (χ0v) is 15.4. The van der Waals surface area contributed by atoms with Crippen LogP contribution in [0, 0.1) is 12.2 Å². The summed E-state index contributed by atoms with van der Waals surface area (Å²) >= 11 is 3.02. The van der Waals surface area contributed by atoms with Gasteiger partial charge in [-0.1, -0.05) is 65.2 Å². The van der Waals surface area contributed by atoms with Crippen molar-refractivity contribution in [3.8, 4) is 0 Å². The third-order valence-corrected chi connectivity index (χ3v) is 4.99. The van der Waals surface area contributed by atoms with Crippen LogP contribution in [0.1, 0.15) is 25.3 Å². The SMILES string of the molecule is CCCC1=CC(C(F)(C(F)(F)F)C(F)(F)F)=CC(Br)(c2ccccc2F)[CH]1. The van der Waals surface area contributed by atoms with Gasteiger partial charge in [0, 0.05) is 17.6 Å². The van der Waals surface area contributed by atoms with Crippen LogP contribution in [0.3, 0.4) is 0 Å². The molecule has 2 rings (SSSR count). The van der Waals surface area contributed by atoms with Gasteiger partial charge >= 0.3 is 18.0 Å². The van der Waals surface area contributed by atoms with Crippen LogP contribution in [-0.2, 0) is 4.32 Å². The molecule has 0 bridgehead atoms. The van der Waals surface area contributed by atoms with Gasteiger partial charge in [-0.2, -0.15) is 26.3 Å². The second-order valence-corrected chi connectivity index (χ2v) is 7.43. The van der Waals surface area contributed by atoms with Gasteiger partial charge in [-0.3, -0.25) is 0 Å². The van der Waals surface area contributed by atoms with Crippen molar-refractivity contribution in [1.29, 1.82) is 0 Å². The third kappa shape index (κ3) is 3.93. The molecule has 0 aliphatic heterocycles. The van der Waals surface area contributed by atoms with Crippen molar-refractivity contribution in [1.82, 2.24) is 0 Å². The standard InChI is InChI=1S/C18H14BrF8/c1-2-5-11-8-12(16(21,17(22,23)24)18(25,26)27)10-15(19,9-11)13-6-3-4-7-14(13)20/h3-4,6-10H,2,5H2,1H3. The van der Waals surface area contributed by atoms with Crippen molar-refractivity contribution in [3.63, 3.8) is 0 Å². The first-order chi connectivity index (χ1) is 12.3. The Hall–Kier alpha value is -1.38. The molecular formula is C18H14BrF8. The van der Waals surface area contributed by atoms with Crippen LogP contribution in [0.5, 0.6) is 0 Å². The summed E-state index contributed by atoms with van der Waals surface area (Å²) in [6.45, 7) is 1.65. The molecule has 0 N–H and O–H groups in total. The van der Waals surface area contributed by atoms with E-state index in [0.717, 1.165) is 6.07 Å². The predicted octanol–water partition coefficient (Wildman–Crippen LogP) is 7.12. The molecule has 1 radical (unpaired) electrons. The second kappa shape index (κ2) is 7.22. The van der Waals surface area contributed by atoms with Crippen LogP contribution in [-0.4, -0.2) is 18.0 Å². The van der Waals surface area contributed by atoms with E-state index >= 15 is 0 Å². The smallest absolute Gasteiger partial charge is 0.218 e. The van der Waals surface area contributed by atoms with Crippen LogP contribution < -0.4 is 0 Å². The lowest BCUT2D eigenvalue weighted by molar-refractivity contribution is -0.325. The summed E-state index contributed by atoms with van der Waals surface area (Å²) < 4.78 is 106. The number of halogens is 9. The fraction of sp³-hybridized carbons (Fsp3) is 0.389. The number of alkyl halides is 8. The molecule has 1 unspecified atom stereocenters. The Morgan fingerprint density at radius 2 is 1.52 bits per heavy atom. The Labute approximate surface area is 159 Å². The predicted molar refractivity (Wildman–Crippen MR) is 88.3 cm³/mol. The van der Waals surface area contributed by atoms with E-state index in [4.69, 9.17) is 0 Å². The Morgan fingerprint density at radius 1 is 0.963 bits per heavy atom. The first kappa shape index (κ1) is 21.9. The van der Waals surface area contributed by atoms with Gasteiger partial charge in [-0.15, -0.1) is 0 Å². The molecule has 0 amide bonds. The summed E-state index contributed by atoms with van der Waals surface area (Å²) in [6.07, 6.45) is -9.78. The van der Waals surface area contributed by atoms with Gasteiger partial charge in [0.05, 0.1) is 4.32 Å². The van der Waals surface area contributed by atoms with Crippen molar-refractivity contribution in [2.45, 2.75) is 42.1 Å². The molecule has 0 aromatic heterocycles. The lowest BCUT2D eigenvalue weighted by Crippen LogP contribution is -2.55. The maximum absolute atomic E-state index is 14.6. The highest BCUT2D eigenvalue weighted by atomic mass is 79.9. The average Bonchev–Trinajstić information content (AvgIpc) is 2.52. The van der Waals surface area contributed by atoms with Gasteiger partial charge in [0.15, 0.2) is 0 Å². The van der Waals surface area contributed by atoms with E-state index in [1.54, 1.807) is 6.92 Å². The molecule has 0 heterocycles. The van der Waals surface area contributed by atoms with Gasteiger partial charge in [0.2, 0.25) is 0 Å². The minimum Gasteiger partial charge on any atom is -0.218 e. The summed E-state index contributed by atoms with van der Waals surface area (Å²) in [5.74, 6) is -0.859. The lowest BCUT2D eigenvalue weighted by Gasteiger charge is -2.37. The largest absolute Gasteiger partial charge is 0.435 e. The first-order valence-electron chi connectivity index (χ1n) is 7.82. The zero-order chi connectivity index (χ0) is 20.7. The molecular weight excluding hydrogens is 448 g/mol. The maximum atomic E-state index is 14.6. The molecule has 1 aromatic rings. The number of benzene rings is 1. The highest BCUT2D eigenvalue weighted by Crippen LogP contribution is 2.55. The van der Waals surface area contributed by atoms with Crippen LogP contribution in [0.4, 0.5) is 35.1 Å². The second-order valence-electron chi connectivity index (χ2n) is 6.12. The van der Waals surface area contributed by atoms with Crippen molar-refractivity contribution < 1.29 is 35.1 Å². The Morgan fingerprint density at radius 3 is 2.00 bits per heavy atom. The summed E-state index contributed by atoms with van der Waals surface area (Å²) in [4.78, 5) is 0. The van der Waals surface area contributed by atoms with E-state index < -0.39 is 33.7 Å². The van der Waals surface area contributed by atoms with Crippen molar-refractivity contribution in [3.05, 3.63) is 65.4 Å². The normalized spacial score (nSPS) is 21.7. The van der Waals surface area contributed by atoms with E-state index in [9.17, 15) is 35.1 Å². The van der Waals surface area contributed by atoms with E-state index in [-0.39, 0.29) is 17.6 Å². The van der Waals surface area contributed by atoms with Crippen LogP contribution in [0.15, 0.2) is 47.6 Å². The number of hydrogen-bond acceptors (Lipinski definition) is 0. The zero-order valence-electron chi connectivity index (χ0n) is 13.9. The molecule has 0 saturated heterocycles. The minimum absolute atomic E-state index is 0.0330. The average molecular weight is 462 g/mol. The molecule has 0 saturated carbocycles. The molecule has 0 nitrogen and oxygen atoms in total. The minimum atomic E-state index is -6.24. The van der Waals surface area contributed by atoms with Crippen molar-refractivity contribution >= 4 is 15.9 Å². The fourth-order valence-electron chi connectivity index (χ4n) is 2.87. The van der Waals surface area contributed by atoms with Crippen LogP contribution in [0.25, 0.3) is 0 Å². The molecule has 1 aliphatic rings. The first-order valence-corrected chi connectivity index (χ1v) is 8.61. The molecule has 1 aromatic carbocycles. The molecule has 0 fully saturated rings. The van der Waals surface area contributed by atoms with Gasteiger partial charge < -0.3 is 0 Å². The summed E-state index contributed by atoms with van der Waals surface area (Å²) in [5, 5.41) is 0. The molecule has 1 atom stereocenters. The Bertz CT molecular complexity index is 745. The van der Waals surface area contributed by atoms with E-state index in [1.165, 1.54) is 24.6 Å². The number of allylic oxidation sites excluding steroid dienone is 4. The van der Waals surface area contributed by atoms with E-state index in [1.807, 2.05) is 0 Å². The highest BCUT2D eigenvalue weighted by Gasteiger charge is 2.74. The summed E-state index contributed by atoms with van der Waals surface area (Å²) in [6, 6.07) is 4.89. The summed E-state index contributed by atoms with van der Waals surface area (Å²) in [5.41, 5.74) is -7.41. The van der Waals surface area contributed by atoms with Gasteiger partial charge in [0.25, 0.3) is 0 Å². The molecule has 0 spiro atoms. The lowest BCUT2D eigenvalue weighted by atomic mass is 9.78. The van der Waals surface area contributed by atoms with Crippen molar-refractivity contribution in [2.75, 3.05) is 0 Å². The molecule has 149 valence electrons. The quantitative estimate of drug-likeness (QED) is 0.330.